The minimum Gasteiger partial charge on any atom is -0.380 e. The number of halogens is 2. The zero-order chi connectivity index (χ0) is 12.4. The number of hydrogen-bond donors (Lipinski definition) is 1. The lowest BCUT2D eigenvalue weighted by Gasteiger charge is -2.07. The lowest BCUT2D eigenvalue weighted by atomic mass is 10.1. The topological polar surface area (TPSA) is 12.0 Å². The van der Waals surface area contributed by atoms with Crippen LogP contribution in [0, 0.1) is 13.8 Å². The van der Waals surface area contributed by atoms with E-state index in [4.69, 9.17) is 11.6 Å². The fourth-order valence-electron chi connectivity index (χ4n) is 1.74. The van der Waals surface area contributed by atoms with E-state index < -0.39 is 0 Å². The second-order valence-electron chi connectivity index (χ2n) is 4.06. The summed E-state index contributed by atoms with van der Waals surface area (Å²) in [7, 11) is 0. The van der Waals surface area contributed by atoms with Gasteiger partial charge in [0.05, 0.1) is 0 Å². The highest BCUT2D eigenvalue weighted by Crippen LogP contribution is 2.32. The summed E-state index contributed by atoms with van der Waals surface area (Å²) in [5, 5.41) is 3.41. The molecule has 90 valence electrons. The summed E-state index contributed by atoms with van der Waals surface area (Å²) in [6.07, 6.45) is 0. The lowest BCUT2D eigenvalue weighted by molar-refractivity contribution is 1.18. The molecule has 1 aromatic carbocycles. The van der Waals surface area contributed by atoms with Crippen molar-refractivity contribution in [2.24, 2.45) is 0 Å². The van der Waals surface area contributed by atoms with E-state index in [1.54, 1.807) is 11.3 Å². The quantitative estimate of drug-likeness (QED) is 0.795. The largest absolute Gasteiger partial charge is 0.380 e. The van der Waals surface area contributed by atoms with Gasteiger partial charge in [-0.15, -0.1) is 11.3 Å². The van der Waals surface area contributed by atoms with E-state index in [9.17, 15) is 0 Å². The summed E-state index contributed by atoms with van der Waals surface area (Å²) in [6.45, 7) is 5.02. The van der Waals surface area contributed by atoms with Crippen molar-refractivity contribution in [3.05, 3.63) is 49.1 Å². The molecule has 0 atom stereocenters. The van der Waals surface area contributed by atoms with E-state index in [0.717, 1.165) is 21.0 Å². The molecular formula is C13H13BrClNS. The third kappa shape index (κ3) is 3.47. The summed E-state index contributed by atoms with van der Waals surface area (Å²) in [5.74, 6) is 0. The molecular weight excluding hydrogens is 318 g/mol. The lowest BCUT2D eigenvalue weighted by Crippen LogP contribution is -1.97. The van der Waals surface area contributed by atoms with Crippen molar-refractivity contribution in [3.63, 3.8) is 0 Å². The van der Waals surface area contributed by atoms with E-state index in [2.05, 4.69) is 59.4 Å². The summed E-state index contributed by atoms with van der Waals surface area (Å²) in [6, 6.07) is 8.53. The van der Waals surface area contributed by atoms with E-state index in [1.165, 1.54) is 16.0 Å². The van der Waals surface area contributed by atoms with Crippen molar-refractivity contribution in [1.82, 2.24) is 0 Å². The van der Waals surface area contributed by atoms with Gasteiger partial charge in [0.2, 0.25) is 0 Å². The van der Waals surface area contributed by atoms with Crippen LogP contribution in [0.15, 0.2) is 28.7 Å². The van der Waals surface area contributed by atoms with Crippen molar-refractivity contribution in [2.75, 3.05) is 5.32 Å². The molecule has 2 rings (SSSR count). The molecule has 1 N–H and O–H groups in total. The molecule has 0 aliphatic carbocycles. The zero-order valence-corrected chi connectivity index (χ0v) is 12.8. The summed E-state index contributed by atoms with van der Waals surface area (Å²) >= 11 is 11.0. The van der Waals surface area contributed by atoms with Crippen LogP contribution in [-0.2, 0) is 6.54 Å². The van der Waals surface area contributed by atoms with Crippen LogP contribution in [0.4, 0.5) is 5.69 Å². The summed E-state index contributed by atoms with van der Waals surface area (Å²) < 4.78 is 1.78. The second-order valence-corrected chi connectivity index (χ2v) is 6.66. The number of hydrogen-bond acceptors (Lipinski definition) is 2. The highest BCUT2D eigenvalue weighted by atomic mass is 79.9. The van der Waals surface area contributed by atoms with Gasteiger partial charge in [0.25, 0.3) is 0 Å². The fourth-order valence-corrected chi connectivity index (χ4v) is 3.47. The molecule has 0 radical (unpaired) electrons. The minimum absolute atomic E-state index is 0.804. The molecule has 1 aromatic heterocycles. The Bertz CT molecular complexity index is 496. The monoisotopic (exact) mass is 329 g/mol. The van der Waals surface area contributed by atoms with Gasteiger partial charge in [-0.2, -0.15) is 0 Å². The van der Waals surface area contributed by atoms with Gasteiger partial charge in [0.1, 0.15) is 4.34 Å². The van der Waals surface area contributed by atoms with Crippen LogP contribution < -0.4 is 5.32 Å². The van der Waals surface area contributed by atoms with Crippen LogP contribution in [0.5, 0.6) is 0 Å². The van der Waals surface area contributed by atoms with E-state index in [0.29, 0.717) is 0 Å². The van der Waals surface area contributed by atoms with Crippen LogP contribution in [-0.4, -0.2) is 0 Å². The molecule has 0 aliphatic heterocycles. The molecule has 1 nitrogen and oxygen atoms in total. The molecule has 2 aromatic rings. The predicted octanol–water partition coefficient (Wildman–Crippen LogP) is 5.39. The van der Waals surface area contributed by atoms with Gasteiger partial charge in [-0.25, -0.2) is 0 Å². The van der Waals surface area contributed by atoms with Crippen LogP contribution >= 0.6 is 38.9 Å². The number of rotatable bonds is 3. The average Bonchev–Trinajstić information content (AvgIpc) is 2.54. The maximum Gasteiger partial charge on any atom is 0.107 e. The van der Waals surface area contributed by atoms with Gasteiger partial charge in [0, 0.05) is 21.6 Å². The fraction of sp³-hybridized carbons (Fsp3) is 0.231. The zero-order valence-electron chi connectivity index (χ0n) is 9.68. The first-order valence-corrected chi connectivity index (χ1v) is 7.29. The van der Waals surface area contributed by atoms with Crippen LogP contribution in [0.2, 0.25) is 4.34 Å². The third-order valence-electron chi connectivity index (χ3n) is 2.38. The highest BCUT2D eigenvalue weighted by molar-refractivity contribution is 9.10. The van der Waals surface area contributed by atoms with Crippen LogP contribution in [0.25, 0.3) is 0 Å². The van der Waals surface area contributed by atoms with E-state index >= 15 is 0 Å². The van der Waals surface area contributed by atoms with Crippen molar-refractivity contribution in [2.45, 2.75) is 20.4 Å². The van der Waals surface area contributed by atoms with Gasteiger partial charge >= 0.3 is 0 Å². The van der Waals surface area contributed by atoms with Gasteiger partial charge in [-0.1, -0.05) is 17.7 Å². The molecule has 0 aliphatic rings. The Morgan fingerprint density at radius 2 is 1.82 bits per heavy atom. The molecule has 0 saturated heterocycles. The predicted molar refractivity (Wildman–Crippen MR) is 80.3 cm³/mol. The normalized spacial score (nSPS) is 10.6. The Labute approximate surface area is 119 Å². The SMILES string of the molecule is Cc1cc(C)cc(NCc2cc(Br)c(Cl)s2)c1. The van der Waals surface area contributed by atoms with Crippen LogP contribution in [0.3, 0.4) is 0 Å². The second kappa shape index (κ2) is 5.42. The smallest absolute Gasteiger partial charge is 0.107 e. The Morgan fingerprint density at radius 1 is 1.18 bits per heavy atom. The maximum absolute atomic E-state index is 6.01. The van der Waals surface area contributed by atoms with Gasteiger partial charge in [0.15, 0.2) is 0 Å². The number of thiophene rings is 1. The summed E-state index contributed by atoms with van der Waals surface area (Å²) in [4.78, 5) is 1.22. The Kier molecular flexibility index (Phi) is 4.13. The first-order valence-electron chi connectivity index (χ1n) is 5.30. The van der Waals surface area contributed by atoms with Gasteiger partial charge in [-0.05, 0) is 59.1 Å². The van der Waals surface area contributed by atoms with Crippen LogP contribution in [0.1, 0.15) is 16.0 Å². The molecule has 1 heterocycles. The minimum atomic E-state index is 0.804. The Morgan fingerprint density at radius 3 is 2.35 bits per heavy atom. The van der Waals surface area contributed by atoms with Gasteiger partial charge in [-0.3, -0.25) is 0 Å². The molecule has 0 amide bonds. The van der Waals surface area contributed by atoms with Crippen molar-refractivity contribution >= 4 is 44.6 Å². The first kappa shape index (κ1) is 12.9. The maximum atomic E-state index is 6.01. The number of benzene rings is 1. The Balaban J connectivity index is 2.07. The van der Waals surface area contributed by atoms with Crippen molar-refractivity contribution in [3.8, 4) is 0 Å². The molecule has 0 unspecified atom stereocenters. The third-order valence-corrected chi connectivity index (χ3v) is 4.86. The van der Waals surface area contributed by atoms with Gasteiger partial charge < -0.3 is 5.32 Å². The van der Waals surface area contributed by atoms with Crippen molar-refractivity contribution in [1.29, 1.82) is 0 Å². The molecule has 4 heteroatoms. The van der Waals surface area contributed by atoms with E-state index in [1.807, 2.05) is 0 Å². The van der Waals surface area contributed by atoms with E-state index in [-0.39, 0.29) is 0 Å². The average molecular weight is 331 g/mol. The highest BCUT2D eigenvalue weighted by Gasteiger charge is 2.04. The molecule has 17 heavy (non-hydrogen) atoms. The first-order chi connectivity index (χ1) is 8.04. The summed E-state index contributed by atoms with van der Waals surface area (Å²) in [5.41, 5.74) is 3.71. The molecule has 0 fully saturated rings. The van der Waals surface area contributed by atoms with Crippen molar-refractivity contribution < 1.29 is 0 Å². The molecule has 0 saturated carbocycles. The number of nitrogens with one attached hydrogen (secondary N) is 1. The number of anilines is 1. The molecule has 0 spiro atoms. The number of aryl methyl sites for hydroxylation is 2. The Hall–Kier alpha value is -0.510. The molecule has 0 bridgehead atoms. The standard InChI is InChI=1S/C13H13BrClNS/c1-8-3-9(2)5-10(4-8)16-7-11-6-12(14)13(15)17-11/h3-6,16H,7H2,1-2H3.